The van der Waals surface area contributed by atoms with Gasteiger partial charge in [0.1, 0.15) is 21.4 Å². The summed E-state index contributed by atoms with van der Waals surface area (Å²) in [4.78, 5) is 29.3. The van der Waals surface area contributed by atoms with E-state index in [0.717, 1.165) is 24.2 Å². The molecule has 3 heterocycles. The Morgan fingerprint density at radius 3 is 2.63 bits per heavy atom. The van der Waals surface area contributed by atoms with Crippen LogP contribution >= 0.6 is 22.9 Å². The van der Waals surface area contributed by atoms with Crippen LogP contribution in [-0.2, 0) is 4.79 Å². The standard InChI is InChI=1S/C19H18ClF2N5O2S/c1-7-11(20)6-27(26-7)8(2)18(29)25-14-13-10(9-3-4-9)5-12(16(21)22)24-19(13)30-15(14)17(23)28/h5-6,8-9,16H,3-4H2,1-2H3,(H2,23,28)(H,25,29). The number of amides is 2. The maximum atomic E-state index is 13.3. The molecule has 1 aliphatic rings. The Morgan fingerprint density at radius 1 is 1.40 bits per heavy atom. The topological polar surface area (TPSA) is 103 Å². The first-order valence-electron chi connectivity index (χ1n) is 9.24. The van der Waals surface area contributed by atoms with E-state index in [9.17, 15) is 18.4 Å². The number of aromatic nitrogens is 3. The highest BCUT2D eigenvalue weighted by atomic mass is 35.5. The molecule has 158 valence electrons. The van der Waals surface area contributed by atoms with Crippen molar-refractivity contribution in [3.05, 3.63) is 39.1 Å². The lowest BCUT2D eigenvalue weighted by molar-refractivity contribution is -0.119. The van der Waals surface area contributed by atoms with Gasteiger partial charge >= 0.3 is 0 Å². The van der Waals surface area contributed by atoms with Crippen molar-refractivity contribution in [3.8, 4) is 0 Å². The predicted octanol–water partition coefficient (Wildman–Crippen LogP) is 4.57. The van der Waals surface area contributed by atoms with E-state index in [1.807, 2.05) is 0 Å². The van der Waals surface area contributed by atoms with Crippen molar-refractivity contribution in [2.45, 2.75) is 45.1 Å². The first-order chi connectivity index (χ1) is 14.2. The molecule has 0 aromatic carbocycles. The molecule has 0 bridgehead atoms. The van der Waals surface area contributed by atoms with Crippen molar-refractivity contribution in [2.24, 2.45) is 5.73 Å². The number of aryl methyl sites for hydroxylation is 1. The number of nitrogens with zero attached hydrogens (tertiary/aromatic N) is 3. The number of thiophene rings is 1. The average molecular weight is 454 g/mol. The zero-order valence-electron chi connectivity index (χ0n) is 16.1. The minimum atomic E-state index is -2.74. The Kier molecular flexibility index (Phi) is 5.23. The fourth-order valence-electron chi connectivity index (χ4n) is 3.27. The van der Waals surface area contributed by atoms with Crippen molar-refractivity contribution < 1.29 is 18.4 Å². The van der Waals surface area contributed by atoms with Crippen LogP contribution in [0.2, 0.25) is 5.02 Å². The zero-order valence-corrected chi connectivity index (χ0v) is 17.7. The minimum absolute atomic E-state index is 0.0704. The number of pyridine rings is 1. The van der Waals surface area contributed by atoms with Crippen molar-refractivity contribution in [3.63, 3.8) is 0 Å². The largest absolute Gasteiger partial charge is 0.365 e. The molecule has 3 aromatic heterocycles. The SMILES string of the molecule is Cc1nn(C(C)C(=O)Nc2c(C(N)=O)sc3nc(C(F)F)cc(C4CC4)c23)cc1Cl. The number of alkyl halides is 2. The molecule has 0 saturated heterocycles. The highest BCUT2D eigenvalue weighted by molar-refractivity contribution is 7.21. The molecule has 1 fully saturated rings. The van der Waals surface area contributed by atoms with E-state index in [-0.39, 0.29) is 27.0 Å². The molecule has 2 amide bonds. The molecule has 1 aliphatic carbocycles. The number of rotatable bonds is 6. The van der Waals surface area contributed by atoms with E-state index in [0.29, 0.717) is 21.7 Å². The number of nitrogens with one attached hydrogen (secondary N) is 1. The maximum Gasteiger partial charge on any atom is 0.280 e. The Labute approximate surface area is 179 Å². The monoisotopic (exact) mass is 453 g/mol. The number of carbonyl (C=O) groups excluding carboxylic acids is 2. The van der Waals surface area contributed by atoms with Crippen molar-refractivity contribution in [1.29, 1.82) is 0 Å². The van der Waals surface area contributed by atoms with E-state index in [1.54, 1.807) is 13.8 Å². The average Bonchev–Trinajstić information content (AvgIpc) is 3.39. The Balaban J connectivity index is 1.79. The van der Waals surface area contributed by atoms with Crippen molar-refractivity contribution in [1.82, 2.24) is 14.8 Å². The van der Waals surface area contributed by atoms with Gasteiger partial charge in [-0.1, -0.05) is 11.6 Å². The lowest BCUT2D eigenvalue weighted by Crippen LogP contribution is -2.25. The number of fused-ring (bicyclic) bond motifs is 1. The molecule has 0 radical (unpaired) electrons. The number of hydrogen-bond acceptors (Lipinski definition) is 5. The van der Waals surface area contributed by atoms with Crippen molar-refractivity contribution in [2.75, 3.05) is 5.32 Å². The number of anilines is 1. The summed E-state index contributed by atoms with van der Waals surface area (Å²) < 4.78 is 28.1. The van der Waals surface area contributed by atoms with Crippen LogP contribution in [0, 0.1) is 6.92 Å². The molecular weight excluding hydrogens is 436 g/mol. The molecular formula is C19H18ClF2N5O2S. The first kappa shape index (κ1) is 20.7. The third kappa shape index (κ3) is 3.65. The quantitative estimate of drug-likeness (QED) is 0.570. The fourth-order valence-corrected chi connectivity index (χ4v) is 4.43. The molecule has 4 rings (SSSR count). The highest BCUT2D eigenvalue weighted by Gasteiger charge is 2.32. The fraction of sp³-hybridized carbons (Fsp3) is 0.368. The summed E-state index contributed by atoms with van der Waals surface area (Å²) in [6, 6.07) is 0.627. The van der Waals surface area contributed by atoms with Gasteiger partial charge < -0.3 is 11.1 Å². The molecule has 0 spiro atoms. The van der Waals surface area contributed by atoms with Gasteiger partial charge in [0.05, 0.1) is 16.4 Å². The summed E-state index contributed by atoms with van der Waals surface area (Å²) in [6.07, 6.45) is 0.488. The number of halogens is 3. The summed E-state index contributed by atoms with van der Waals surface area (Å²) in [6.45, 7) is 3.35. The Morgan fingerprint density at radius 2 is 2.10 bits per heavy atom. The Hall–Kier alpha value is -2.59. The molecule has 1 atom stereocenters. The second kappa shape index (κ2) is 7.59. The zero-order chi connectivity index (χ0) is 21.7. The molecule has 0 aliphatic heterocycles. The number of primary amides is 1. The van der Waals surface area contributed by atoms with Crippen LogP contribution < -0.4 is 11.1 Å². The molecule has 3 N–H and O–H groups in total. The van der Waals surface area contributed by atoms with Gasteiger partial charge in [0.15, 0.2) is 0 Å². The summed E-state index contributed by atoms with van der Waals surface area (Å²) in [5.74, 6) is -1.13. The van der Waals surface area contributed by atoms with Crippen LogP contribution in [0.4, 0.5) is 14.5 Å². The van der Waals surface area contributed by atoms with Crippen molar-refractivity contribution >= 4 is 50.7 Å². The molecule has 11 heteroatoms. The molecule has 1 unspecified atom stereocenters. The second-order valence-electron chi connectivity index (χ2n) is 7.27. The van der Waals surface area contributed by atoms with Crippen LogP contribution in [0.5, 0.6) is 0 Å². The van der Waals surface area contributed by atoms with E-state index < -0.39 is 24.3 Å². The summed E-state index contributed by atoms with van der Waals surface area (Å²) in [5, 5.41) is 7.88. The second-order valence-corrected chi connectivity index (χ2v) is 8.68. The van der Waals surface area contributed by atoms with Gasteiger partial charge in [0.25, 0.3) is 12.3 Å². The van der Waals surface area contributed by atoms with Gasteiger partial charge in [0.2, 0.25) is 5.91 Å². The van der Waals surface area contributed by atoms with E-state index in [4.69, 9.17) is 17.3 Å². The normalized spacial score (nSPS) is 15.0. The van der Waals surface area contributed by atoms with Crippen LogP contribution in [-0.4, -0.2) is 26.6 Å². The van der Waals surface area contributed by atoms with Gasteiger partial charge in [-0.05, 0) is 44.2 Å². The van der Waals surface area contributed by atoms with Crippen LogP contribution in [0.3, 0.4) is 0 Å². The highest BCUT2D eigenvalue weighted by Crippen LogP contribution is 2.48. The van der Waals surface area contributed by atoms with Gasteiger partial charge in [0, 0.05) is 11.6 Å². The van der Waals surface area contributed by atoms with E-state index >= 15 is 0 Å². The summed E-state index contributed by atoms with van der Waals surface area (Å²) in [7, 11) is 0. The smallest absolute Gasteiger partial charge is 0.280 e. The number of carbonyl (C=O) groups is 2. The van der Waals surface area contributed by atoms with Gasteiger partial charge in [-0.2, -0.15) is 5.10 Å². The summed E-state index contributed by atoms with van der Waals surface area (Å²) >= 11 is 6.93. The number of hydrogen-bond donors (Lipinski definition) is 2. The molecule has 30 heavy (non-hydrogen) atoms. The van der Waals surface area contributed by atoms with Gasteiger partial charge in [-0.3, -0.25) is 14.3 Å². The van der Waals surface area contributed by atoms with E-state index in [1.165, 1.54) is 16.9 Å². The third-order valence-corrected chi connectivity index (χ3v) is 6.53. The van der Waals surface area contributed by atoms with Crippen LogP contribution in [0.1, 0.15) is 64.8 Å². The van der Waals surface area contributed by atoms with Crippen LogP contribution in [0.25, 0.3) is 10.2 Å². The molecule has 7 nitrogen and oxygen atoms in total. The minimum Gasteiger partial charge on any atom is -0.365 e. The maximum absolute atomic E-state index is 13.3. The lowest BCUT2D eigenvalue weighted by atomic mass is 10.0. The summed E-state index contributed by atoms with van der Waals surface area (Å²) in [5.41, 5.74) is 6.61. The third-order valence-electron chi connectivity index (χ3n) is 5.06. The molecule has 3 aromatic rings. The van der Waals surface area contributed by atoms with Gasteiger partial charge in [-0.25, -0.2) is 13.8 Å². The Bertz CT molecular complexity index is 1150. The van der Waals surface area contributed by atoms with Crippen LogP contribution in [0.15, 0.2) is 12.3 Å². The number of nitrogens with two attached hydrogens (primary N) is 1. The lowest BCUT2D eigenvalue weighted by Gasteiger charge is -2.14. The first-order valence-corrected chi connectivity index (χ1v) is 10.4. The van der Waals surface area contributed by atoms with E-state index in [2.05, 4.69) is 15.4 Å². The predicted molar refractivity (Wildman–Crippen MR) is 110 cm³/mol. The van der Waals surface area contributed by atoms with Gasteiger partial charge in [-0.15, -0.1) is 11.3 Å². The molecule has 1 saturated carbocycles.